The first-order valence-electron chi connectivity index (χ1n) is 13.6. The molecule has 0 aromatic heterocycles. The van der Waals surface area contributed by atoms with Crippen molar-refractivity contribution >= 4 is 27.5 Å². The van der Waals surface area contributed by atoms with Crippen LogP contribution >= 0.6 is 0 Å². The zero-order chi connectivity index (χ0) is 32.0. The molecule has 0 aliphatic heterocycles. The van der Waals surface area contributed by atoms with Gasteiger partial charge in [-0.3, -0.25) is 13.9 Å². The number of halogens is 3. The Labute approximate surface area is 250 Å². The number of benzene rings is 3. The molecule has 12 heteroatoms. The summed E-state index contributed by atoms with van der Waals surface area (Å²) in [5.74, 6) is -0.652. The van der Waals surface area contributed by atoms with E-state index < -0.39 is 51.7 Å². The molecule has 0 saturated heterocycles. The second-order valence-electron chi connectivity index (χ2n) is 10.9. The summed E-state index contributed by atoms with van der Waals surface area (Å²) in [6.45, 7) is 6.15. The summed E-state index contributed by atoms with van der Waals surface area (Å²) in [5, 5.41) is 2.87. The third kappa shape index (κ3) is 8.73. The molecule has 232 valence electrons. The number of rotatable bonds is 11. The number of anilines is 1. The van der Waals surface area contributed by atoms with Gasteiger partial charge in [0.05, 0.1) is 23.3 Å². The van der Waals surface area contributed by atoms with Crippen molar-refractivity contribution in [3.8, 4) is 5.75 Å². The van der Waals surface area contributed by atoms with Crippen LogP contribution in [0.5, 0.6) is 5.75 Å². The largest absolute Gasteiger partial charge is 0.497 e. The first kappa shape index (κ1) is 33.4. The van der Waals surface area contributed by atoms with Crippen molar-refractivity contribution in [2.75, 3.05) is 18.0 Å². The number of hydrogen-bond acceptors (Lipinski definition) is 5. The third-order valence-electron chi connectivity index (χ3n) is 6.47. The van der Waals surface area contributed by atoms with Crippen molar-refractivity contribution in [1.82, 2.24) is 10.2 Å². The van der Waals surface area contributed by atoms with Crippen molar-refractivity contribution in [1.29, 1.82) is 0 Å². The smallest absolute Gasteiger partial charge is 0.416 e. The summed E-state index contributed by atoms with van der Waals surface area (Å²) < 4.78 is 74.3. The first-order valence-corrected chi connectivity index (χ1v) is 15.0. The molecule has 3 aromatic carbocycles. The molecule has 0 heterocycles. The molecule has 0 bridgehead atoms. The van der Waals surface area contributed by atoms with Crippen LogP contribution in [0.25, 0.3) is 0 Å². The molecule has 1 N–H and O–H groups in total. The van der Waals surface area contributed by atoms with Gasteiger partial charge in [-0.2, -0.15) is 13.2 Å². The average molecular weight is 620 g/mol. The van der Waals surface area contributed by atoms with Gasteiger partial charge in [0.15, 0.2) is 0 Å². The van der Waals surface area contributed by atoms with Crippen molar-refractivity contribution in [3.05, 3.63) is 90.0 Å². The number of carbonyl (C=O) groups is 2. The van der Waals surface area contributed by atoms with Crippen LogP contribution < -0.4 is 14.4 Å². The Morgan fingerprint density at radius 1 is 0.930 bits per heavy atom. The Morgan fingerprint density at radius 3 is 2.09 bits per heavy atom. The van der Waals surface area contributed by atoms with Gasteiger partial charge in [0, 0.05) is 12.1 Å². The lowest BCUT2D eigenvalue weighted by atomic mass is 10.1. The van der Waals surface area contributed by atoms with Gasteiger partial charge in [0.25, 0.3) is 10.0 Å². The average Bonchev–Trinajstić information content (AvgIpc) is 2.95. The summed E-state index contributed by atoms with van der Waals surface area (Å²) in [6, 6.07) is 16.7. The number of alkyl halides is 3. The Morgan fingerprint density at radius 2 is 1.56 bits per heavy atom. The topological polar surface area (TPSA) is 96.0 Å². The molecule has 8 nitrogen and oxygen atoms in total. The fourth-order valence-corrected chi connectivity index (χ4v) is 5.81. The Bertz CT molecular complexity index is 1510. The van der Waals surface area contributed by atoms with Crippen molar-refractivity contribution in [3.63, 3.8) is 0 Å². The summed E-state index contributed by atoms with van der Waals surface area (Å²) >= 11 is 0. The fourth-order valence-electron chi connectivity index (χ4n) is 4.39. The van der Waals surface area contributed by atoms with Crippen LogP contribution in [0.15, 0.2) is 83.8 Å². The normalized spacial score (nSPS) is 12.7. The molecule has 0 spiro atoms. The highest BCUT2D eigenvalue weighted by Gasteiger charge is 2.36. The van der Waals surface area contributed by atoms with Gasteiger partial charge in [-0.15, -0.1) is 0 Å². The lowest BCUT2D eigenvalue weighted by Crippen LogP contribution is -2.55. The van der Waals surface area contributed by atoms with Crippen molar-refractivity contribution < 1.29 is 35.9 Å². The van der Waals surface area contributed by atoms with Crippen LogP contribution in [0, 0.1) is 0 Å². The summed E-state index contributed by atoms with van der Waals surface area (Å²) in [4.78, 5) is 28.5. The van der Waals surface area contributed by atoms with Crippen LogP contribution in [-0.2, 0) is 32.3 Å². The van der Waals surface area contributed by atoms with E-state index in [1.165, 1.54) is 42.3 Å². The van der Waals surface area contributed by atoms with Crippen LogP contribution in [0.3, 0.4) is 0 Å². The first-order chi connectivity index (χ1) is 20.1. The second-order valence-corrected chi connectivity index (χ2v) is 12.8. The van der Waals surface area contributed by atoms with Crippen LogP contribution in [0.4, 0.5) is 18.9 Å². The molecule has 0 aliphatic carbocycles. The Hall–Kier alpha value is -4.06. The predicted octanol–water partition coefficient (Wildman–Crippen LogP) is 5.63. The molecule has 0 aliphatic rings. The van der Waals surface area contributed by atoms with E-state index in [0.717, 1.165) is 12.1 Å². The molecular weight excluding hydrogens is 583 g/mol. The lowest BCUT2D eigenvalue weighted by molar-refractivity contribution is -0.141. The zero-order valence-corrected chi connectivity index (χ0v) is 25.5. The molecule has 3 rings (SSSR count). The summed E-state index contributed by atoms with van der Waals surface area (Å²) in [5.41, 5.74) is -1.41. The highest BCUT2D eigenvalue weighted by Crippen LogP contribution is 2.33. The monoisotopic (exact) mass is 619 g/mol. The minimum atomic E-state index is -4.75. The van der Waals surface area contributed by atoms with Crippen molar-refractivity contribution in [2.24, 2.45) is 0 Å². The van der Waals surface area contributed by atoms with Crippen LogP contribution in [0.1, 0.15) is 45.2 Å². The van der Waals surface area contributed by atoms with Gasteiger partial charge in [-0.25, -0.2) is 8.42 Å². The maximum atomic E-state index is 14.1. The fraction of sp³-hybridized carbons (Fsp3) is 0.355. The zero-order valence-electron chi connectivity index (χ0n) is 24.7. The summed E-state index contributed by atoms with van der Waals surface area (Å²) in [7, 11) is -3.00. The van der Waals surface area contributed by atoms with E-state index in [2.05, 4.69) is 5.32 Å². The van der Waals surface area contributed by atoms with E-state index in [1.54, 1.807) is 58.0 Å². The van der Waals surface area contributed by atoms with E-state index in [4.69, 9.17) is 4.74 Å². The standard InChI is InChI=1S/C31H36F3N3O5S/c1-6-27(29(39)35-30(2,3)4)36(20-22-15-17-25(42-5)18-16-22)28(38)21-37(43(40,41)26-13-8-7-9-14-26)24-12-10-11-23(19-24)31(32,33)34/h7-19,27H,6,20-21H2,1-5H3,(H,35,39)/t27-/m0/s1. The van der Waals surface area contributed by atoms with E-state index in [0.29, 0.717) is 21.7 Å². The maximum Gasteiger partial charge on any atom is 0.416 e. The number of nitrogens with zero attached hydrogens (tertiary/aromatic N) is 2. The second kappa shape index (κ2) is 13.5. The predicted molar refractivity (Wildman–Crippen MR) is 158 cm³/mol. The molecule has 43 heavy (non-hydrogen) atoms. The molecule has 0 unspecified atom stereocenters. The molecule has 0 saturated carbocycles. The van der Waals surface area contributed by atoms with E-state index in [1.807, 2.05) is 0 Å². The highest BCUT2D eigenvalue weighted by atomic mass is 32.2. The molecule has 0 fully saturated rings. The minimum Gasteiger partial charge on any atom is -0.497 e. The SMILES string of the molecule is CC[C@@H](C(=O)NC(C)(C)C)N(Cc1ccc(OC)cc1)C(=O)CN(c1cccc(C(F)(F)F)c1)S(=O)(=O)c1ccccc1. The number of hydrogen-bond donors (Lipinski definition) is 1. The Kier molecular flexibility index (Phi) is 10.5. The molecule has 3 aromatic rings. The Balaban J connectivity index is 2.11. The van der Waals surface area contributed by atoms with Gasteiger partial charge >= 0.3 is 6.18 Å². The number of sulfonamides is 1. The third-order valence-corrected chi connectivity index (χ3v) is 8.26. The van der Waals surface area contributed by atoms with E-state index >= 15 is 0 Å². The number of amides is 2. The van der Waals surface area contributed by atoms with E-state index in [9.17, 15) is 31.2 Å². The van der Waals surface area contributed by atoms with Gasteiger partial charge < -0.3 is 15.0 Å². The van der Waals surface area contributed by atoms with Gasteiger partial charge in [-0.05, 0) is 75.2 Å². The van der Waals surface area contributed by atoms with Gasteiger partial charge in [-0.1, -0.05) is 43.3 Å². The highest BCUT2D eigenvalue weighted by molar-refractivity contribution is 7.92. The van der Waals surface area contributed by atoms with Gasteiger partial charge in [0.1, 0.15) is 18.3 Å². The lowest BCUT2D eigenvalue weighted by Gasteiger charge is -2.35. The number of ether oxygens (including phenoxy) is 1. The van der Waals surface area contributed by atoms with Gasteiger partial charge in [0.2, 0.25) is 11.8 Å². The number of methoxy groups -OCH3 is 1. The minimum absolute atomic E-state index is 0.0687. The van der Waals surface area contributed by atoms with Crippen molar-refractivity contribution in [2.45, 2.75) is 63.3 Å². The van der Waals surface area contributed by atoms with Crippen LogP contribution in [0.2, 0.25) is 0 Å². The number of nitrogens with one attached hydrogen (secondary N) is 1. The number of carbonyl (C=O) groups excluding carboxylic acids is 2. The summed E-state index contributed by atoms with van der Waals surface area (Å²) in [6.07, 6.45) is -4.56. The van der Waals surface area contributed by atoms with Crippen LogP contribution in [-0.4, -0.2) is 50.4 Å². The molecule has 0 radical (unpaired) electrons. The molecular formula is C31H36F3N3O5S. The molecule has 2 amide bonds. The quantitative estimate of drug-likeness (QED) is 0.300. The maximum absolute atomic E-state index is 14.1. The molecule has 1 atom stereocenters. The van der Waals surface area contributed by atoms with E-state index in [-0.39, 0.29) is 23.5 Å².